The maximum atomic E-state index is 12.5. The van der Waals surface area contributed by atoms with Crippen molar-refractivity contribution in [1.82, 2.24) is 19.8 Å². The first kappa shape index (κ1) is 20.7. The van der Waals surface area contributed by atoms with E-state index in [1.54, 1.807) is 50.1 Å². The van der Waals surface area contributed by atoms with Gasteiger partial charge in [-0.15, -0.1) is 10.2 Å². The fourth-order valence-electron chi connectivity index (χ4n) is 3.00. The van der Waals surface area contributed by atoms with Gasteiger partial charge in [-0.25, -0.2) is 0 Å². The molecule has 4 rings (SSSR count). The van der Waals surface area contributed by atoms with Crippen molar-refractivity contribution in [1.29, 1.82) is 0 Å². The molecule has 31 heavy (non-hydrogen) atoms. The summed E-state index contributed by atoms with van der Waals surface area (Å²) >= 11 is 1.29. The molecule has 9 heteroatoms. The topological polar surface area (TPSA) is 87.8 Å². The lowest BCUT2D eigenvalue weighted by molar-refractivity contribution is 0.102. The summed E-state index contributed by atoms with van der Waals surface area (Å²) in [4.78, 5) is 12.5. The molecule has 0 aliphatic carbocycles. The maximum absolute atomic E-state index is 12.5. The lowest BCUT2D eigenvalue weighted by Crippen LogP contribution is -2.04. The Kier molecular flexibility index (Phi) is 6.03. The molecule has 0 spiro atoms. The van der Waals surface area contributed by atoms with Crippen molar-refractivity contribution < 1.29 is 19.0 Å². The molecule has 2 aromatic heterocycles. The van der Waals surface area contributed by atoms with Gasteiger partial charge in [-0.05, 0) is 54.6 Å². The van der Waals surface area contributed by atoms with E-state index in [1.165, 1.54) is 11.8 Å². The second kappa shape index (κ2) is 9.05. The summed E-state index contributed by atoms with van der Waals surface area (Å²) < 4.78 is 17.4. The average molecular weight is 436 g/mol. The highest BCUT2D eigenvalue weighted by atomic mass is 32.2. The molecule has 0 saturated carbocycles. The Morgan fingerprint density at radius 3 is 2.39 bits per heavy atom. The Morgan fingerprint density at radius 2 is 1.68 bits per heavy atom. The summed E-state index contributed by atoms with van der Waals surface area (Å²) in [5, 5.41) is 13.5. The number of ketones is 1. The molecule has 0 N–H and O–H groups in total. The number of fused-ring (bicyclic) bond motifs is 1. The molecule has 2 heterocycles. The Balaban J connectivity index is 1.56. The van der Waals surface area contributed by atoms with Gasteiger partial charge in [0, 0.05) is 11.1 Å². The maximum Gasteiger partial charge on any atom is 0.212 e. The van der Waals surface area contributed by atoms with E-state index in [2.05, 4.69) is 15.3 Å². The zero-order chi connectivity index (χ0) is 21.8. The second-order valence-electron chi connectivity index (χ2n) is 6.48. The Bertz CT molecular complexity index is 1220. The van der Waals surface area contributed by atoms with Crippen molar-refractivity contribution >= 4 is 23.2 Å². The highest BCUT2D eigenvalue weighted by molar-refractivity contribution is 7.99. The van der Waals surface area contributed by atoms with Crippen LogP contribution in [0.3, 0.4) is 0 Å². The molecular weight excluding hydrogens is 416 g/mol. The molecule has 0 aliphatic rings. The molecule has 4 aromatic rings. The SMILES string of the molecule is COc1ccc(C(=O)CSc2nnc3ccc(-c4ccc(OC)c(OC)c4)nn23)cc1. The van der Waals surface area contributed by atoms with E-state index in [0.717, 1.165) is 11.3 Å². The van der Waals surface area contributed by atoms with Gasteiger partial charge in [-0.3, -0.25) is 4.79 Å². The summed E-state index contributed by atoms with van der Waals surface area (Å²) in [6, 6.07) is 16.3. The van der Waals surface area contributed by atoms with Gasteiger partial charge in [0.15, 0.2) is 22.9 Å². The molecule has 0 fully saturated rings. The minimum Gasteiger partial charge on any atom is -0.497 e. The summed E-state index contributed by atoms with van der Waals surface area (Å²) in [7, 11) is 4.77. The zero-order valence-electron chi connectivity index (χ0n) is 17.2. The number of hydrogen-bond donors (Lipinski definition) is 0. The Labute approximate surface area is 183 Å². The van der Waals surface area contributed by atoms with Crippen molar-refractivity contribution in [2.45, 2.75) is 5.16 Å². The lowest BCUT2D eigenvalue weighted by atomic mass is 10.1. The van der Waals surface area contributed by atoms with Gasteiger partial charge < -0.3 is 14.2 Å². The normalized spacial score (nSPS) is 10.8. The smallest absolute Gasteiger partial charge is 0.212 e. The number of nitrogens with zero attached hydrogens (tertiary/aromatic N) is 4. The van der Waals surface area contributed by atoms with Crippen molar-refractivity contribution in [3.05, 3.63) is 60.2 Å². The number of hydrogen-bond acceptors (Lipinski definition) is 8. The van der Waals surface area contributed by atoms with E-state index < -0.39 is 0 Å². The van der Waals surface area contributed by atoms with Crippen LogP contribution < -0.4 is 14.2 Å². The summed E-state index contributed by atoms with van der Waals surface area (Å²) in [5.41, 5.74) is 2.79. The monoisotopic (exact) mass is 436 g/mol. The molecule has 0 atom stereocenters. The minimum absolute atomic E-state index is 0.0135. The number of thioether (sulfide) groups is 1. The van der Waals surface area contributed by atoms with Crippen LogP contribution in [0.1, 0.15) is 10.4 Å². The molecule has 2 aromatic carbocycles. The Hall–Kier alpha value is -3.59. The van der Waals surface area contributed by atoms with Gasteiger partial charge in [0.2, 0.25) is 5.16 Å². The van der Waals surface area contributed by atoms with Crippen LogP contribution >= 0.6 is 11.8 Å². The number of methoxy groups -OCH3 is 3. The number of carbonyl (C=O) groups excluding carboxylic acids is 1. The molecule has 0 aliphatic heterocycles. The molecule has 0 saturated heterocycles. The van der Waals surface area contributed by atoms with Crippen LogP contribution in [0.25, 0.3) is 16.9 Å². The van der Waals surface area contributed by atoms with Gasteiger partial charge in [-0.2, -0.15) is 9.61 Å². The number of Topliss-reactive ketones (excluding diaryl/α,β-unsaturated/α-hetero) is 1. The third-order valence-electron chi connectivity index (χ3n) is 4.66. The van der Waals surface area contributed by atoms with Gasteiger partial charge in [-0.1, -0.05) is 11.8 Å². The number of ether oxygens (including phenoxy) is 3. The van der Waals surface area contributed by atoms with Crippen molar-refractivity contribution in [2.24, 2.45) is 0 Å². The van der Waals surface area contributed by atoms with Gasteiger partial charge in [0.1, 0.15) is 5.75 Å². The third kappa shape index (κ3) is 4.31. The van der Waals surface area contributed by atoms with Crippen LogP contribution in [0.2, 0.25) is 0 Å². The first-order valence-corrected chi connectivity index (χ1v) is 10.4. The fraction of sp³-hybridized carbons (Fsp3) is 0.182. The first-order valence-electron chi connectivity index (χ1n) is 9.38. The van der Waals surface area contributed by atoms with Gasteiger partial charge in [0.25, 0.3) is 0 Å². The molecule has 8 nitrogen and oxygen atoms in total. The first-order chi connectivity index (χ1) is 15.1. The summed E-state index contributed by atoms with van der Waals surface area (Å²) in [6.07, 6.45) is 0. The summed E-state index contributed by atoms with van der Waals surface area (Å²) in [5.74, 6) is 2.17. The predicted molar refractivity (Wildman–Crippen MR) is 117 cm³/mol. The minimum atomic E-state index is -0.0135. The van der Waals surface area contributed by atoms with E-state index in [0.29, 0.717) is 33.6 Å². The number of aromatic nitrogens is 4. The zero-order valence-corrected chi connectivity index (χ0v) is 18.0. The van der Waals surface area contributed by atoms with Gasteiger partial charge in [0.05, 0.1) is 32.8 Å². The van der Waals surface area contributed by atoms with E-state index in [1.807, 2.05) is 30.3 Å². The molecule has 158 valence electrons. The van der Waals surface area contributed by atoms with Crippen LogP contribution in [0.15, 0.2) is 59.8 Å². The van der Waals surface area contributed by atoms with Crippen molar-refractivity contribution in [2.75, 3.05) is 27.1 Å². The van der Waals surface area contributed by atoms with Crippen LogP contribution in [-0.4, -0.2) is 52.7 Å². The molecule has 0 radical (unpaired) electrons. The molecule has 0 amide bonds. The molecule has 0 bridgehead atoms. The van der Waals surface area contributed by atoms with E-state index >= 15 is 0 Å². The van der Waals surface area contributed by atoms with Crippen LogP contribution in [-0.2, 0) is 0 Å². The predicted octanol–water partition coefficient (Wildman–Crippen LogP) is 3.79. The number of benzene rings is 2. The van der Waals surface area contributed by atoms with Crippen molar-refractivity contribution in [3.63, 3.8) is 0 Å². The third-order valence-corrected chi connectivity index (χ3v) is 5.58. The van der Waals surface area contributed by atoms with Gasteiger partial charge >= 0.3 is 0 Å². The van der Waals surface area contributed by atoms with Crippen molar-refractivity contribution in [3.8, 4) is 28.5 Å². The molecular formula is C22H20N4O4S. The lowest BCUT2D eigenvalue weighted by Gasteiger charge is -2.09. The fourth-order valence-corrected chi connectivity index (χ4v) is 3.78. The quantitative estimate of drug-likeness (QED) is 0.305. The van der Waals surface area contributed by atoms with Crippen LogP contribution in [0.5, 0.6) is 17.2 Å². The second-order valence-corrected chi connectivity index (χ2v) is 7.42. The average Bonchev–Trinajstić information content (AvgIpc) is 3.24. The standard InChI is InChI=1S/C22H20N4O4S/c1-28-16-7-4-14(5-8-16)18(27)13-31-22-24-23-21-11-9-17(25-26(21)22)15-6-10-19(29-2)20(12-15)30-3/h4-12H,13H2,1-3H3. The number of rotatable bonds is 8. The molecule has 0 unspecified atom stereocenters. The highest BCUT2D eigenvalue weighted by Gasteiger charge is 2.14. The van der Waals surface area contributed by atoms with E-state index in [4.69, 9.17) is 14.2 Å². The summed E-state index contributed by atoms with van der Waals surface area (Å²) in [6.45, 7) is 0. The van der Waals surface area contributed by atoms with E-state index in [9.17, 15) is 4.79 Å². The number of carbonyl (C=O) groups is 1. The van der Waals surface area contributed by atoms with Crippen LogP contribution in [0, 0.1) is 0 Å². The highest BCUT2D eigenvalue weighted by Crippen LogP contribution is 2.31. The Morgan fingerprint density at radius 1 is 0.903 bits per heavy atom. The van der Waals surface area contributed by atoms with Crippen LogP contribution in [0.4, 0.5) is 0 Å². The van der Waals surface area contributed by atoms with E-state index in [-0.39, 0.29) is 11.5 Å². The largest absolute Gasteiger partial charge is 0.497 e.